The van der Waals surface area contributed by atoms with Crippen LogP contribution in [0, 0.1) is 19.8 Å². The van der Waals surface area contributed by atoms with Crippen molar-refractivity contribution >= 4 is 40.2 Å². The number of carbonyl (C=O) groups is 2. The number of carboxylic acid groups (broad SMARTS) is 2. The highest BCUT2D eigenvalue weighted by atomic mass is 32.1. The molecule has 0 atom stereocenters. The van der Waals surface area contributed by atoms with Gasteiger partial charge in [-0.3, -0.25) is 9.59 Å². The summed E-state index contributed by atoms with van der Waals surface area (Å²) in [6.07, 6.45) is 2.29. The third kappa shape index (κ3) is 7.88. The second-order valence-corrected chi connectivity index (χ2v) is 12.5. The Balaban J connectivity index is 1.88. The van der Waals surface area contributed by atoms with Crippen LogP contribution < -0.4 is 9.80 Å². The first-order valence-corrected chi connectivity index (χ1v) is 17.0. The molecule has 0 saturated carbocycles. The molecule has 0 saturated heterocycles. The van der Waals surface area contributed by atoms with Gasteiger partial charge in [0.15, 0.2) is 5.92 Å². The van der Waals surface area contributed by atoms with Crippen LogP contribution in [0.3, 0.4) is 0 Å². The molecule has 46 heavy (non-hydrogen) atoms. The third-order valence-corrected chi connectivity index (χ3v) is 9.76. The van der Waals surface area contributed by atoms with E-state index in [-0.39, 0.29) is 12.3 Å². The first-order valence-electron chi connectivity index (χ1n) is 16.1. The molecule has 4 aromatic rings. The minimum atomic E-state index is -1.48. The fourth-order valence-electron chi connectivity index (χ4n) is 6.19. The summed E-state index contributed by atoms with van der Waals surface area (Å²) in [5.41, 5.74) is 10.1. The van der Waals surface area contributed by atoms with Crippen molar-refractivity contribution in [3.8, 4) is 0 Å². The van der Waals surface area contributed by atoms with Crippen LogP contribution in [0.2, 0.25) is 0 Å². The van der Waals surface area contributed by atoms with E-state index in [0.717, 1.165) is 42.2 Å². The predicted molar refractivity (Wildman–Crippen MR) is 192 cm³/mol. The van der Waals surface area contributed by atoms with E-state index in [9.17, 15) is 19.8 Å². The van der Waals surface area contributed by atoms with Crippen LogP contribution in [-0.4, -0.2) is 48.3 Å². The van der Waals surface area contributed by atoms with E-state index in [4.69, 9.17) is 0 Å². The van der Waals surface area contributed by atoms with E-state index in [0.29, 0.717) is 5.56 Å². The van der Waals surface area contributed by atoms with Crippen molar-refractivity contribution < 1.29 is 19.8 Å². The van der Waals surface area contributed by atoms with Gasteiger partial charge in [0.1, 0.15) is 0 Å². The Kier molecular flexibility index (Phi) is 11.8. The molecule has 0 aliphatic heterocycles. The van der Waals surface area contributed by atoms with Crippen molar-refractivity contribution in [2.75, 3.05) is 36.0 Å². The molecule has 2 N–H and O–H groups in total. The molecule has 4 rings (SSSR count). The van der Waals surface area contributed by atoms with Crippen molar-refractivity contribution in [3.63, 3.8) is 0 Å². The molecule has 242 valence electrons. The van der Waals surface area contributed by atoms with Gasteiger partial charge in [-0.2, -0.15) is 0 Å². The van der Waals surface area contributed by atoms with Gasteiger partial charge in [0, 0.05) is 48.3 Å². The van der Waals surface area contributed by atoms with E-state index >= 15 is 0 Å². The van der Waals surface area contributed by atoms with Gasteiger partial charge in [-0.1, -0.05) is 48.5 Å². The van der Waals surface area contributed by atoms with E-state index in [2.05, 4.69) is 111 Å². The lowest BCUT2D eigenvalue weighted by Gasteiger charge is -2.26. The van der Waals surface area contributed by atoms with Crippen LogP contribution >= 0.6 is 11.3 Å². The van der Waals surface area contributed by atoms with Crippen LogP contribution in [0.25, 0.3) is 5.57 Å². The van der Waals surface area contributed by atoms with Crippen molar-refractivity contribution in [3.05, 3.63) is 123 Å². The number of nitrogens with zero attached hydrogens (tertiary/aromatic N) is 2. The van der Waals surface area contributed by atoms with E-state index in [1.807, 2.05) is 24.3 Å². The van der Waals surface area contributed by atoms with Gasteiger partial charge < -0.3 is 20.0 Å². The summed E-state index contributed by atoms with van der Waals surface area (Å²) in [6, 6.07) is 25.4. The van der Waals surface area contributed by atoms with Crippen molar-refractivity contribution in [2.24, 2.45) is 5.92 Å². The Morgan fingerprint density at radius 3 is 1.63 bits per heavy atom. The Labute approximate surface area is 277 Å². The maximum absolute atomic E-state index is 11.5. The zero-order valence-electron chi connectivity index (χ0n) is 27.8. The highest BCUT2D eigenvalue weighted by Crippen LogP contribution is 2.39. The van der Waals surface area contributed by atoms with Gasteiger partial charge in [-0.15, -0.1) is 11.3 Å². The summed E-state index contributed by atoms with van der Waals surface area (Å²) in [4.78, 5) is 28.9. The highest BCUT2D eigenvalue weighted by molar-refractivity contribution is 7.11. The fourth-order valence-corrected chi connectivity index (χ4v) is 6.96. The molecule has 0 aliphatic carbocycles. The smallest absolute Gasteiger partial charge is 0.318 e. The van der Waals surface area contributed by atoms with E-state index < -0.39 is 17.9 Å². The largest absolute Gasteiger partial charge is 0.481 e. The second kappa shape index (κ2) is 15.8. The van der Waals surface area contributed by atoms with Gasteiger partial charge in [-0.25, -0.2) is 0 Å². The molecular formula is C39H46N2O4S. The average molecular weight is 639 g/mol. The van der Waals surface area contributed by atoms with Gasteiger partial charge >= 0.3 is 11.9 Å². The lowest BCUT2D eigenvalue weighted by molar-refractivity contribution is -0.154. The Morgan fingerprint density at radius 1 is 0.739 bits per heavy atom. The zero-order chi connectivity index (χ0) is 33.4. The van der Waals surface area contributed by atoms with E-state index in [1.165, 1.54) is 33.6 Å². The van der Waals surface area contributed by atoms with Gasteiger partial charge in [0.25, 0.3) is 0 Å². The second-order valence-electron chi connectivity index (χ2n) is 11.6. The molecule has 0 fully saturated rings. The maximum atomic E-state index is 11.5. The number of anilines is 2. The summed E-state index contributed by atoms with van der Waals surface area (Å²) in [5, 5.41) is 20.9. The Bertz CT molecular complexity index is 1580. The molecule has 1 heterocycles. The van der Waals surface area contributed by atoms with Crippen LogP contribution in [0.4, 0.5) is 11.4 Å². The summed E-state index contributed by atoms with van der Waals surface area (Å²) in [6.45, 7) is 16.9. The van der Waals surface area contributed by atoms with Gasteiger partial charge in [0.05, 0.1) is 0 Å². The number of aryl methyl sites for hydroxylation is 2. The number of hydrogen-bond acceptors (Lipinski definition) is 5. The lowest BCUT2D eigenvalue weighted by Crippen LogP contribution is -2.25. The van der Waals surface area contributed by atoms with Crippen LogP contribution in [0.1, 0.15) is 71.9 Å². The number of carboxylic acids is 2. The normalized spacial score (nSPS) is 11.7. The SMILES string of the molecule is CCN(CC)c1ccc(C(/C=C(\c2ccc(CC(C(=O)O)C(=O)O)cc2)c2cccs2)c2ccc(N(CC)CC)cc2C)c(C)c1. The molecule has 0 spiro atoms. The molecule has 0 bridgehead atoms. The Hall–Kier alpha value is -4.36. The average Bonchev–Trinajstić information content (AvgIpc) is 3.57. The monoisotopic (exact) mass is 638 g/mol. The van der Waals surface area contributed by atoms with Crippen molar-refractivity contribution in [1.82, 2.24) is 0 Å². The first kappa shape index (κ1) is 34.5. The summed E-state index contributed by atoms with van der Waals surface area (Å²) >= 11 is 1.68. The van der Waals surface area contributed by atoms with E-state index in [1.54, 1.807) is 11.3 Å². The number of thiophene rings is 1. The minimum Gasteiger partial charge on any atom is -0.481 e. The predicted octanol–water partition coefficient (Wildman–Crippen LogP) is 8.65. The van der Waals surface area contributed by atoms with Gasteiger partial charge in [0.2, 0.25) is 0 Å². The molecule has 7 heteroatoms. The van der Waals surface area contributed by atoms with Crippen molar-refractivity contribution in [2.45, 2.75) is 53.9 Å². The van der Waals surface area contributed by atoms with Crippen LogP contribution in [0.15, 0.2) is 84.3 Å². The summed E-state index contributed by atoms with van der Waals surface area (Å²) in [7, 11) is 0. The molecule has 0 unspecified atom stereocenters. The first-order chi connectivity index (χ1) is 22.1. The summed E-state index contributed by atoms with van der Waals surface area (Å²) < 4.78 is 0. The van der Waals surface area contributed by atoms with Gasteiger partial charge in [-0.05, 0) is 123 Å². The number of rotatable bonds is 15. The summed E-state index contributed by atoms with van der Waals surface area (Å²) in [5.74, 6) is -4.17. The molecule has 3 aromatic carbocycles. The Morgan fingerprint density at radius 2 is 1.24 bits per heavy atom. The van der Waals surface area contributed by atoms with Crippen molar-refractivity contribution in [1.29, 1.82) is 0 Å². The molecular weight excluding hydrogens is 593 g/mol. The molecule has 6 nitrogen and oxygen atoms in total. The molecule has 0 amide bonds. The maximum Gasteiger partial charge on any atom is 0.318 e. The fraction of sp³-hybridized carbons (Fsp3) is 0.333. The van der Waals surface area contributed by atoms with Crippen LogP contribution in [0.5, 0.6) is 0 Å². The third-order valence-electron chi connectivity index (χ3n) is 8.85. The number of aliphatic carboxylic acids is 2. The minimum absolute atomic E-state index is 0.0308. The zero-order valence-corrected chi connectivity index (χ0v) is 28.6. The standard InChI is InChI=1S/C39H46N2O4S/c1-7-40(8-2)30-17-19-32(26(5)22-30)35(33-20-18-31(23-27(33)6)41(9-3)10-4)25-34(37-12-11-21-46-37)29-15-13-28(14-16-29)24-36(38(42)43)39(44)45/h11-23,25,35-36H,7-10,24H2,1-6H3,(H,42,43)(H,44,45)/b34-25+. The highest BCUT2D eigenvalue weighted by Gasteiger charge is 2.26. The number of benzene rings is 3. The topological polar surface area (TPSA) is 81.1 Å². The number of allylic oxidation sites excluding steroid dienone is 1. The molecule has 1 aromatic heterocycles. The van der Waals surface area contributed by atoms with Crippen LogP contribution in [-0.2, 0) is 16.0 Å². The molecule has 0 radical (unpaired) electrons. The lowest BCUT2D eigenvalue weighted by atomic mass is 9.83. The molecule has 0 aliphatic rings. The quantitative estimate of drug-likeness (QED) is 0.127. The number of hydrogen-bond donors (Lipinski definition) is 2.